The Kier molecular flexibility index (Phi) is 4.26. The number of esters is 1. The summed E-state index contributed by atoms with van der Waals surface area (Å²) < 4.78 is 11.5. The van der Waals surface area contributed by atoms with Gasteiger partial charge in [0.15, 0.2) is 5.76 Å². The van der Waals surface area contributed by atoms with Crippen LogP contribution in [0.3, 0.4) is 0 Å². The van der Waals surface area contributed by atoms with Crippen molar-refractivity contribution in [1.29, 1.82) is 5.26 Å². The minimum Gasteiger partial charge on any atom is -0.465 e. The minimum atomic E-state index is -0.632. The molecule has 0 spiro atoms. The topological polar surface area (TPSA) is 98.1 Å². The lowest BCUT2D eigenvalue weighted by atomic mass is 10.2. The number of hydrogen-bond acceptors (Lipinski definition) is 7. The van der Waals surface area contributed by atoms with E-state index >= 15 is 0 Å². The second-order valence-electron chi connectivity index (χ2n) is 4.77. The summed E-state index contributed by atoms with van der Waals surface area (Å²) in [5, 5.41) is 11.0. The van der Waals surface area contributed by atoms with E-state index in [1.807, 2.05) is 17.5 Å². The highest BCUT2D eigenvalue weighted by molar-refractivity contribution is 7.13. The first-order valence-electron chi connectivity index (χ1n) is 6.84. The fourth-order valence-electron chi connectivity index (χ4n) is 2.12. The van der Waals surface area contributed by atoms with Crippen LogP contribution >= 0.6 is 11.3 Å². The minimum absolute atomic E-state index is 0.00369. The molecular weight excluding hydrogens is 330 g/mol. The molecule has 0 bridgehead atoms. The molecule has 24 heavy (non-hydrogen) atoms. The van der Waals surface area contributed by atoms with Crippen LogP contribution in [0.5, 0.6) is 0 Å². The van der Waals surface area contributed by atoms with Gasteiger partial charge in [-0.25, -0.2) is 9.78 Å². The van der Waals surface area contributed by atoms with Gasteiger partial charge in [0.25, 0.3) is 5.56 Å². The number of carbonyl (C=O) groups is 1. The van der Waals surface area contributed by atoms with E-state index in [0.717, 1.165) is 4.88 Å². The third-order valence-electron chi connectivity index (χ3n) is 3.25. The molecule has 3 aromatic heterocycles. The SMILES string of the molecule is COC(=O)c1cc(C#N)c(=O)n(Cc2ncc(-c3cccs3)o2)c1. The molecule has 0 saturated heterocycles. The highest BCUT2D eigenvalue weighted by atomic mass is 32.1. The van der Waals surface area contributed by atoms with Gasteiger partial charge >= 0.3 is 5.97 Å². The third-order valence-corrected chi connectivity index (χ3v) is 4.14. The second kappa shape index (κ2) is 6.52. The number of nitriles is 1. The molecule has 8 heteroatoms. The van der Waals surface area contributed by atoms with Crippen LogP contribution in [-0.2, 0) is 11.3 Å². The molecule has 0 amide bonds. The van der Waals surface area contributed by atoms with Crippen LogP contribution in [0.1, 0.15) is 21.8 Å². The molecule has 0 aromatic carbocycles. The van der Waals surface area contributed by atoms with Gasteiger partial charge in [0, 0.05) is 6.20 Å². The third kappa shape index (κ3) is 2.98. The lowest BCUT2D eigenvalue weighted by molar-refractivity contribution is 0.0599. The van der Waals surface area contributed by atoms with Crippen molar-refractivity contribution >= 4 is 17.3 Å². The van der Waals surface area contributed by atoms with Crippen LogP contribution in [-0.4, -0.2) is 22.6 Å². The van der Waals surface area contributed by atoms with Crippen LogP contribution in [0.4, 0.5) is 0 Å². The van der Waals surface area contributed by atoms with E-state index in [9.17, 15) is 9.59 Å². The van der Waals surface area contributed by atoms with Gasteiger partial charge < -0.3 is 13.7 Å². The van der Waals surface area contributed by atoms with Crippen LogP contribution in [0.15, 0.2) is 45.2 Å². The Hall–Kier alpha value is -3.18. The van der Waals surface area contributed by atoms with Crippen LogP contribution < -0.4 is 5.56 Å². The highest BCUT2D eigenvalue weighted by Gasteiger charge is 2.15. The fraction of sp³-hybridized carbons (Fsp3) is 0.125. The summed E-state index contributed by atoms with van der Waals surface area (Å²) in [6.07, 6.45) is 2.89. The zero-order valence-electron chi connectivity index (χ0n) is 12.6. The number of methoxy groups -OCH3 is 1. The molecule has 120 valence electrons. The molecule has 0 radical (unpaired) electrons. The van der Waals surface area contributed by atoms with Crippen molar-refractivity contribution in [3.05, 3.63) is 63.3 Å². The largest absolute Gasteiger partial charge is 0.465 e. The molecule has 0 aliphatic rings. The molecule has 0 saturated carbocycles. The van der Waals surface area contributed by atoms with Gasteiger partial charge in [-0.1, -0.05) is 6.07 Å². The maximum Gasteiger partial charge on any atom is 0.339 e. The summed E-state index contributed by atoms with van der Waals surface area (Å²) >= 11 is 1.51. The second-order valence-corrected chi connectivity index (χ2v) is 5.72. The predicted molar refractivity (Wildman–Crippen MR) is 85.7 cm³/mol. The van der Waals surface area contributed by atoms with Crippen molar-refractivity contribution in [1.82, 2.24) is 9.55 Å². The number of nitrogens with zero attached hydrogens (tertiary/aromatic N) is 3. The Labute approximate surface area is 140 Å². The van der Waals surface area contributed by atoms with Gasteiger partial charge in [-0.15, -0.1) is 11.3 Å². The van der Waals surface area contributed by atoms with Crippen molar-refractivity contribution in [3.63, 3.8) is 0 Å². The van der Waals surface area contributed by atoms with Crippen LogP contribution in [0.25, 0.3) is 10.6 Å². The van der Waals surface area contributed by atoms with Gasteiger partial charge in [0.05, 0.1) is 23.7 Å². The zero-order chi connectivity index (χ0) is 17.1. The Morgan fingerprint density at radius 3 is 3.04 bits per heavy atom. The summed E-state index contributed by atoms with van der Waals surface area (Å²) in [7, 11) is 1.23. The van der Waals surface area contributed by atoms with E-state index in [1.165, 1.54) is 35.3 Å². The zero-order valence-corrected chi connectivity index (χ0v) is 13.4. The molecule has 0 unspecified atom stereocenters. The van der Waals surface area contributed by atoms with E-state index in [4.69, 9.17) is 9.68 Å². The Bertz CT molecular complexity index is 980. The average molecular weight is 341 g/mol. The fourth-order valence-corrected chi connectivity index (χ4v) is 2.80. The van der Waals surface area contributed by atoms with Gasteiger partial charge in [0.2, 0.25) is 5.89 Å². The molecule has 7 nitrogen and oxygen atoms in total. The maximum absolute atomic E-state index is 12.2. The molecule has 0 atom stereocenters. The van der Waals surface area contributed by atoms with Crippen LogP contribution in [0, 0.1) is 11.3 Å². The lowest BCUT2D eigenvalue weighted by Crippen LogP contribution is -2.24. The number of aromatic nitrogens is 2. The Morgan fingerprint density at radius 2 is 2.38 bits per heavy atom. The maximum atomic E-state index is 12.2. The number of oxazole rings is 1. The Balaban J connectivity index is 1.96. The number of ether oxygens (including phenoxy) is 1. The molecule has 0 fully saturated rings. The Morgan fingerprint density at radius 1 is 1.54 bits per heavy atom. The van der Waals surface area contributed by atoms with Gasteiger partial charge in [0.1, 0.15) is 18.2 Å². The summed E-state index contributed by atoms with van der Waals surface area (Å²) in [5.41, 5.74) is -0.567. The molecule has 3 aromatic rings. The molecule has 0 N–H and O–H groups in total. The van der Waals surface area contributed by atoms with Crippen molar-refractivity contribution in [2.75, 3.05) is 7.11 Å². The normalized spacial score (nSPS) is 10.3. The summed E-state index contributed by atoms with van der Waals surface area (Å²) in [6, 6.07) is 6.77. The quantitative estimate of drug-likeness (QED) is 0.675. The summed E-state index contributed by atoms with van der Waals surface area (Å²) in [4.78, 5) is 29.0. The molecule has 3 rings (SSSR count). The van der Waals surface area contributed by atoms with Gasteiger partial charge in [-0.3, -0.25) is 4.79 Å². The standard InChI is InChI=1S/C16H11N3O4S/c1-22-16(21)11-5-10(6-17)15(20)19(8-11)9-14-18-7-12(23-14)13-3-2-4-24-13/h2-5,7-8H,9H2,1H3. The van der Waals surface area contributed by atoms with Crippen LogP contribution in [0.2, 0.25) is 0 Å². The molecule has 0 aliphatic carbocycles. The first-order valence-corrected chi connectivity index (χ1v) is 7.72. The van der Waals surface area contributed by atoms with Crippen molar-refractivity contribution in [2.45, 2.75) is 6.54 Å². The van der Waals surface area contributed by atoms with E-state index in [2.05, 4.69) is 9.72 Å². The highest BCUT2D eigenvalue weighted by Crippen LogP contribution is 2.25. The van der Waals surface area contributed by atoms with E-state index < -0.39 is 11.5 Å². The van der Waals surface area contributed by atoms with Crippen molar-refractivity contribution in [3.8, 4) is 16.7 Å². The smallest absolute Gasteiger partial charge is 0.339 e. The molecule has 0 aliphatic heterocycles. The number of rotatable bonds is 4. The van der Waals surface area contributed by atoms with Gasteiger partial charge in [-0.05, 0) is 17.5 Å². The predicted octanol–water partition coefficient (Wildman–Crippen LogP) is 2.27. The number of pyridine rings is 1. The first kappa shape index (κ1) is 15.7. The monoisotopic (exact) mass is 341 g/mol. The molecule has 3 heterocycles. The number of carbonyl (C=O) groups excluding carboxylic acids is 1. The number of hydrogen-bond donors (Lipinski definition) is 0. The first-order chi connectivity index (χ1) is 11.6. The van der Waals surface area contributed by atoms with E-state index in [1.54, 1.807) is 12.3 Å². The number of thiophene rings is 1. The summed E-state index contributed by atoms with van der Waals surface area (Å²) in [5.74, 6) is 0.260. The van der Waals surface area contributed by atoms with E-state index in [-0.39, 0.29) is 17.7 Å². The van der Waals surface area contributed by atoms with Crippen molar-refractivity contribution < 1.29 is 13.9 Å². The molecular formula is C16H11N3O4S. The van der Waals surface area contributed by atoms with Gasteiger partial charge in [-0.2, -0.15) is 5.26 Å². The average Bonchev–Trinajstić information content (AvgIpc) is 3.27. The lowest BCUT2D eigenvalue weighted by Gasteiger charge is -2.06. The summed E-state index contributed by atoms with van der Waals surface area (Å²) in [6.45, 7) is 0.00369. The van der Waals surface area contributed by atoms with Crippen molar-refractivity contribution in [2.24, 2.45) is 0 Å². The van der Waals surface area contributed by atoms with E-state index in [0.29, 0.717) is 11.7 Å².